The van der Waals surface area contributed by atoms with Crippen LogP contribution in [0.2, 0.25) is 5.02 Å². The second kappa shape index (κ2) is 7.64. The van der Waals surface area contributed by atoms with Crippen LogP contribution in [0.15, 0.2) is 47.8 Å². The summed E-state index contributed by atoms with van der Waals surface area (Å²) >= 11 is 6.17. The van der Waals surface area contributed by atoms with E-state index in [9.17, 15) is 0 Å². The zero-order valence-electron chi connectivity index (χ0n) is 16.0. The number of hydrogen-bond acceptors (Lipinski definition) is 6. The lowest BCUT2D eigenvalue weighted by Gasteiger charge is -2.31. The fourth-order valence-electron chi connectivity index (χ4n) is 3.44. The zero-order chi connectivity index (χ0) is 19.7. The maximum Gasteiger partial charge on any atom is 0.160 e. The van der Waals surface area contributed by atoms with E-state index in [2.05, 4.69) is 16.9 Å². The van der Waals surface area contributed by atoms with E-state index in [0.717, 1.165) is 46.6 Å². The van der Waals surface area contributed by atoms with Crippen molar-refractivity contribution in [1.29, 1.82) is 0 Å². The molecule has 1 aliphatic heterocycles. The molecule has 28 heavy (non-hydrogen) atoms. The predicted molar refractivity (Wildman–Crippen MR) is 112 cm³/mol. The van der Waals surface area contributed by atoms with Gasteiger partial charge in [0.15, 0.2) is 5.82 Å². The molecule has 2 aromatic carbocycles. The number of para-hydroxylation sites is 1. The monoisotopic (exact) mass is 396 g/mol. The number of rotatable bonds is 4. The third kappa shape index (κ3) is 3.24. The van der Waals surface area contributed by atoms with Gasteiger partial charge < -0.3 is 9.47 Å². The molecular weight excluding hydrogens is 376 g/mol. The molecule has 1 aromatic heterocycles. The van der Waals surface area contributed by atoms with Crippen LogP contribution in [0.4, 0.5) is 5.82 Å². The topological polar surface area (TPSA) is 59.8 Å². The van der Waals surface area contributed by atoms with Crippen LogP contribution >= 0.6 is 11.6 Å². The van der Waals surface area contributed by atoms with Gasteiger partial charge in [0.25, 0.3) is 0 Å². The normalized spacial score (nSPS) is 16.8. The maximum absolute atomic E-state index is 6.17. The highest BCUT2D eigenvalue weighted by molar-refractivity contribution is 6.32. The standard InChI is InChI=1S/C21H21ClN4O2/c1-13-7-10-17(14-8-9-16(22)19(11-14)28-3)25-26(13)21-15-5-4-6-18(27-2)20(15)23-12-24-21/h4-6,8-9,11-13H,7,10H2,1-3H3. The number of methoxy groups -OCH3 is 2. The van der Waals surface area contributed by atoms with Crippen molar-refractivity contribution in [2.24, 2.45) is 5.10 Å². The van der Waals surface area contributed by atoms with Crippen molar-refractivity contribution in [3.63, 3.8) is 0 Å². The van der Waals surface area contributed by atoms with Crippen LogP contribution in [0.3, 0.4) is 0 Å². The minimum Gasteiger partial charge on any atom is -0.495 e. The van der Waals surface area contributed by atoms with E-state index >= 15 is 0 Å². The highest BCUT2D eigenvalue weighted by Crippen LogP contribution is 2.33. The minimum atomic E-state index is 0.210. The van der Waals surface area contributed by atoms with E-state index in [1.54, 1.807) is 20.5 Å². The molecule has 0 fully saturated rings. The summed E-state index contributed by atoms with van der Waals surface area (Å²) in [6, 6.07) is 11.8. The third-order valence-corrected chi connectivity index (χ3v) is 5.29. The summed E-state index contributed by atoms with van der Waals surface area (Å²) < 4.78 is 10.8. The molecule has 0 saturated heterocycles. The Balaban J connectivity index is 1.81. The van der Waals surface area contributed by atoms with Gasteiger partial charge in [-0.1, -0.05) is 23.7 Å². The first kappa shape index (κ1) is 18.5. The van der Waals surface area contributed by atoms with Gasteiger partial charge >= 0.3 is 0 Å². The fraction of sp³-hybridized carbons (Fsp3) is 0.286. The van der Waals surface area contributed by atoms with Crippen LogP contribution in [0.5, 0.6) is 11.5 Å². The molecule has 1 atom stereocenters. The smallest absolute Gasteiger partial charge is 0.160 e. The molecule has 7 heteroatoms. The summed E-state index contributed by atoms with van der Waals surface area (Å²) in [5, 5.41) is 8.40. The van der Waals surface area contributed by atoms with Gasteiger partial charge in [-0.3, -0.25) is 0 Å². The Kier molecular flexibility index (Phi) is 5.05. The van der Waals surface area contributed by atoms with E-state index in [4.69, 9.17) is 26.2 Å². The average molecular weight is 397 g/mol. The van der Waals surface area contributed by atoms with Crippen LogP contribution in [0.1, 0.15) is 25.3 Å². The molecule has 1 unspecified atom stereocenters. The van der Waals surface area contributed by atoms with Gasteiger partial charge in [-0.2, -0.15) is 5.10 Å². The van der Waals surface area contributed by atoms with Crippen molar-refractivity contribution in [1.82, 2.24) is 9.97 Å². The molecule has 3 aromatic rings. The van der Waals surface area contributed by atoms with Gasteiger partial charge in [0.2, 0.25) is 0 Å². The van der Waals surface area contributed by atoms with Crippen molar-refractivity contribution in [3.05, 3.63) is 53.3 Å². The molecule has 144 valence electrons. The number of hydrazone groups is 1. The number of aromatic nitrogens is 2. The number of nitrogens with zero attached hydrogens (tertiary/aromatic N) is 4. The van der Waals surface area contributed by atoms with E-state index in [0.29, 0.717) is 10.8 Å². The second-order valence-corrected chi connectivity index (χ2v) is 7.09. The van der Waals surface area contributed by atoms with Crippen LogP contribution < -0.4 is 14.5 Å². The van der Waals surface area contributed by atoms with Gasteiger partial charge in [0, 0.05) is 10.9 Å². The van der Waals surface area contributed by atoms with Crippen LogP contribution in [-0.4, -0.2) is 35.9 Å². The Morgan fingerprint density at radius 1 is 1.07 bits per heavy atom. The summed E-state index contributed by atoms with van der Waals surface area (Å²) in [6.45, 7) is 2.15. The summed E-state index contributed by atoms with van der Waals surface area (Å²) in [5.41, 5.74) is 2.74. The molecule has 0 spiro atoms. The predicted octanol–water partition coefficient (Wildman–Crippen LogP) is 4.69. The average Bonchev–Trinajstić information content (AvgIpc) is 2.73. The Morgan fingerprint density at radius 3 is 2.68 bits per heavy atom. The molecule has 4 rings (SSSR count). The lowest BCUT2D eigenvalue weighted by atomic mass is 10.0. The quantitative estimate of drug-likeness (QED) is 0.640. The highest BCUT2D eigenvalue weighted by Gasteiger charge is 2.25. The summed E-state index contributed by atoms with van der Waals surface area (Å²) in [5.74, 6) is 2.14. The number of hydrogen-bond donors (Lipinski definition) is 0. The molecule has 2 heterocycles. The van der Waals surface area contributed by atoms with Crippen molar-refractivity contribution < 1.29 is 9.47 Å². The van der Waals surface area contributed by atoms with Crippen LogP contribution in [0, 0.1) is 0 Å². The van der Waals surface area contributed by atoms with Gasteiger partial charge in [0.05, 0.1) is 31.0 Å². The highest BCUT2D eigenvalue weighted by atomic mass is 35.5. The third-order valence-electron chi connectivity index (χ3n) is 4.97. The van der Waals surface area contributed by atoms with Crippen molar-refractivity contribution in [2.45, 2.75) is 25.8 Å². The van der Waals surface area contributed by atoms with Gasteiger partial charge in [-0.15, -0.1) is 0 Å². The molecule has 1 aliphatic rings. The van der Waals surface area contributed by atoms with E-state index in [-0.39, 0.29) is 6.04 Å². The lowest BCUT2D eigenvalue weighted by molar-refractivity contribution is 0.415. The number of halogens is 1. The number of fused-ring (bicyclic) bond motifs is 1. The molecule has 0 bridgehead atoms. The fourth-order valence-corrected chi connectivity index (χ4v) is 3.63. The first-order valence-electron chi connectivity index (χ1n) is 9.10. The largest absolute Gasteiger partial charge is 0.495 e. The summed E-state index contributed by atoms with van der Waals surface area (Å²) in [4.78, 5) is 8.94. The van der Waals surface area contributed by atoms with Gasteiger partial charge in [0.1, 0.15) is 23.3 Å². The molecule has 6 nitrogen and oxygen atoms in total. The van der Waals surface area contributed by atoms with E-state index < -0.39 is 0 Å². The number of benzene rings is 2. The lowest BCUT2D eigenvalue weighted by Crippen LogP contribution is -2.35. The first-order chi connectivity index (χ1) is 13.6. The SMILES string of the molecule is COc1cc(C2=NN(c3ncnc4c(OC)cccc34)C(C)CC2)ccc1Cl. The molecule has 0 radical (unpaired) electrons. The molecule has 0 amide bonds. The Labute approximate surface area is 168 Å². The summed E-state index contributed by atoms with van der Waals surface area (Å²) in [7, 11) is 3.26. The maximum atomic E-state index is 6.17. The van der Waals surface area contributed by atoms with Crippen molar-refractivity contribution in [3.8, 4) is 11.5 Å². The van der Waals surface area contributed by atoms with Crippen LogP contribution in [-0.2, 0) is 0 Å². The zero-order valence-corrected chi connectivity index (χ0v) is 16.8. The first-order valence-corrected chi connectivity index (χ1v) is 9.48. The molecule has 0 saturated carbocycles. The van der Waals surface area contributed by atoms with Gasteiger partial charge in [-0.05, 0) is 44.0 Å². The number of anilines is 1. The number of ether oxygens (including phenoxy) is 2. The van der Waals surface area contributed by atoms with E-state index in [1.807, 2.05) is 41.4 Å². The Morgan fingerprint density at radius 2 is 1.89 bits per heavy atom. The minimum absolute atomic E-state index is 0.210. The van der Waals surface area contributed by atoms with E-state index in [1.165, 1.54) is 0 Å². The molecule has 0 N–H and O–H groups in total. The van der Waals surface area contributed by atoms with Gasteiger partial charge in [-0.25, -0.2) is 15.0 Å². The van der Waals surface area contributed by atoms with Crippen LogP contribution in [0.25, 0.3) is 10.9 Å². The molecule has 0 aliphatic carbocycles. The van der Waals surface area contributed by atoms with Crippen molar-refractivity contribution >= 4 is 34.0 Å². The Hall–Kier alpha value is -2.86. The van der Waals surface area contributed by atoms with Crippen molar-refractivity contribution in [2.75, 3.05) is 19.2 Å². The molecular formula is C21H21ClN4O2. The summed E-state index contributed by atoms with van der Waals surface area (Å²) in [6.07, 6.45) is 3.38. The second-order valence-electron chi connectivity index (χ2n) is 6.68. The Bertz CT molecular complexity index is 1050.